The van der Waals surface area contributed by atoms with Crippen LogP contribution in [0.25, 0.3) is 32.0 Å². The highest BCUT2D eigenvalue weighted by atomic mass is 32.1. The van der Waals surface area contributed by atoms with Gasteiger partial charge in [0.05, 0.1) is 51.9 Å². The Bertz CT molecular complexity index is 2530. The highest BCUT2D eigenvalue weighted by molar-refractivity contribution is 7.18. The van der Waals surface area contributed by atoms with Crippen LogP contribution in [0.3, 0.4) is 0 Å². The molecule has 4 nitrogen and oxygen atoms in total. The number of hydrogen-bond donors (Lipinski definition) is 0. The molecule has 6 aromatic rings. The summed E-state index contributed by atoms with van der Waals surface area (Å²) in [6, 6.07) is 35.0. The van der Waals surface area contributed by atoms with E-state index in [1.807, 2.05) is 24.3 Å². The van der Waals surface area contributed by atoms with Crippen LogP contribution < -0.4 is 0 Å². The van der Waals surface area contributed by atoms with Crippen LogP contribution in [0.1, 0.15) is 54.3 Å². The van der Waals surface area contributed by atoms with Crippen LogP contribution in [-0.2, 0) is 5.41 Å². The molecule has 2 heterocycles. The third-order valence-electron chi connectivity index (χ3n) is 9.84. The number of alkyl halides is 6. The maximum Gasteiger partial charge on any atom is 0.380 e. The fraction of sp³-hybridized carbons (Fsp3) is 0.0952. The number of benzene rings is 4. The molecule has 0 saturated heterocycles. The molecule has 0 amide bonds. The minimum Gasteiger partial charge on any atom is -0.194 e. The van der Waals surface area contributed by atoms with Crippen molar-refractivity contribution in [1.29, 1.82) is 21.0 Å². The number of nitriles is 4. The average molecular weight is 757 g/mol. The monoisotopic (exact) mass is 756 g/mol. The molecule has 2 aliphatic rings. The number of rotatable bonds is 4. The minimum absolute atomic E-state index is 0.0314. The van der Waals surface area contributed by atoms with Gasteiger partial charge in [-0.05, 0) is 82.9 Å². The van der Waals surface area contributed by atoms with Crippen molar-refractivity contribution in [3.63, 3.8) is 0 Å². The number of halogens is 6. The third-order valence-corrected chi connectivity index (χ3v) is 12.4. The lowest BCUT2D eigenvalue weighted by molar-refractivity contribution is -0.254. The van der Waals surface area contributed by atoms with Gasteiger partial charge in [-0.3, -0.25) is 0 Å². The van der Waals surface area contributed by atoms with Gasteiger partial charge in [-0.1, -0.05) is 48.5 Å². The van der Waals surface area contributed by atoms with Gasteiger partial charge >= 0.3 is 17.8 Å². The quantitative estimate of drug-likeness (QED) is 0.167. The summed E-state index contributed by atoms with van der Waals surface area (Å²) in [7, 11) is 0. The summed E-state index contributed by atoms with van der Waals surface area (Å²) in [5.41, 5.74) is -3.12. The molecule has 0 radical (unpaired) electrons. The Hall–Kier alpha value is -6.44. The van der Waals surface area contributed by atoms with Crippen LogP contribution >= 0.6 is 22.7 Å². The van der Waals surface area contributed by atoms with Crippen LogP contribution in [0.4, 0.5) is 26.3 Å². The zero-order valence-corrected chi connectivity index (χ0v) is 28.9. The van der Waals surface area contributed by atoms with Crippen molar-refractivity contribution in [3.05, 3.63) is 163 Å². The number of allylic oxidation sites excluding steroid dienone is 2. The standard InChI is InChI=1S/C42H18F6N4S2/c43-40(44)35-31-17-33(27-9-1-23(19-49)2-10-27)53-37(31)39(29-13-5-25(21-51)6-14-29,30-15-7-26(22-52)8-16-30)38-32(36(35)41(45,46)42(40,47)48)18-34(54-38)28-11-3-24(20-50)4-12-28/h1-18H. The molecule has 0 fully saturated rings. The summed E-state index contributed by atoms with van der Waals surface area (Å²) >= 11 is 1.91. The lowest BCUT2D eigenvalue weighted by Crippen LogP contribution is -2.49. The van der Waals surface area contributed by atoms with Gasteiger partial charge in [-0.15, -0.1) is 22.7 Å². The minimum atomic E-state index is -5.81. The molecule has 2 aromatic heterocycles. The molecule has 0 atom stereocenters. The second-order valence-electron chi connectivity index (χ2n) is 12.7. The van der Waals surface area contributed by atoms with E-state index in [1.165, 1.54) is 60.7 Å². The van der Waals surface area contributed by atoms with E-state index in [0.29, 0.717) is 33.4 Å². The normalized spacial score (nSPS) is 16.8. The molecule has 8 rings (SSSR count). The zero-order chi connectivity index (χ0) is 38.2. The Morgan fingerprint density at radius 2 is 0.722 bits per heavy atom. The second-order valence-corrected chi connectivity index (χ2v) is 14.8. The molecule has 2 aliphatic carbocycles. The highest BCUT2D eigenvalue weighted by Crippen LogP contribution is 2.70. The fourth-order valence-electron chi connectivity index (χ4n) is 7.23. The Labute approximate surface area is 312 Å². The topological polar surface area (TPSA) is 95.2 Å². The Morgan fingerprint density at radius 3 is 1.02 bits per heavy atom. The van der Waals surface area contributed by atoms with Gasteiger partial charge in [0.25, 0.3) is 0 Å². The van der Waals surface area contributed by atoms with E-state index < -0.39 is 45.5 Å². The van der Waals surface area contributed by atoms with Crippen molar-refractivity contribution in [2.75, 3.05) is 0 Å². The van der Waals surface area contributed by atoms with E-state index in [1.54, 1.807) is 48.5 Å². The van der Waals surface area contributed by atoms with Crippen molar-refractivity contribution in [2.45, 2.75) is 23.2 Å². The van der Waals surface area contributed by atoms with Gasteiger partial charge < -0.3 is 0 Å². The molecule has 54 heavy (non-hydrogen) atoms. The van der Waals surface area contributed by atoms with Gasteiger partial charge in [0.1, 0.15) is 0 Å². The van der Waals surface area contributed by atoms with Gasteiger partial charge in [-0.2, -0.15) is 47.4 Å². The van der Waals surface area contributed by atoms with Crippen LogP contribution in [0, 0.1) is 45.3 Å². The molecular formula is C42H18F6N4S2. The summed E-state index contributed by atoms with van der Waals surface area (Å²) in [6.07, 6.45) is 0. The van der Waals surface area contributed by atoms with Crippen molar-refractivity contribution in [1.82, 2.24) is 0 Å². The first-order chi connectivity index (χ1) is 25.8. The Morgan fingerprint density at radius 1 is 0.426 bits per heavy atom. The van der Waals surface area contributed by atoms with Gasteiger partial charge in [-0.25, -0.2) is 0 Å². The summed E-state index contributed by atoms with van der Waals surface area (Å²) in [5.74, 6) is -16.5. The molecule has 260 valence electrons. The van der Waals surface area contributed by atoms with Crippen LogP contribution in [0.2, 0.25) is 0 Å². The lowest BCUT2D eigenvalue weighted by Gasteiger charge is -2.36. The van der Waals surface area contributed by atoms with Crippen molar-refractivity contribution in [2.24, 2.45) is 0 Å². The predicted molar refractivity (Wildman–Crippen MR) is 192 cm³/mol. The molecule has 0 aliphatic heterocycles. The molecule has 12 heteroatoms. The van der Waals surface area contributed by atoms with Crippen molar-refractivity contribution >= 4 is 33.8 Å². The average Bonchev–Trinajstić information content (AvgIpc) is 3.83. The number of thiophene rings is 2. The van der Waals surface area contributed by atoms with E-state index in [4.69, 9.17) is 0 Å². The summed E-state index contributed by atoms with van der Waals surface area (Å²) < 4.78 is 97.3. The first-order valence-electron chi connectivity index (χ1n) is 16.0. The number of fused-ring (bicyclic) bond motifs is 4. The molecule has 0 bridgehead atoms. The number of hydrogen-bond acceptors (Lipinski definition) is 6. The lowest BCUT2D eigenvalue weighted by atomic mass is 9.69. The first kappa shape index (κ1) is 34.6. The second kappa shape index (κ2) is 12.0. The van der Waals surface area contributed by atoms with Gasteiger partial charge in [0.2, 0.25) is 0 Å². The van der Waals surface area contributed by atoms with E-state index in [2.05, 4.69) is 0 Å². The maximum atomic E-state index is 16.5. The Kier molecular flexibility index (Phi) is 7.73. The highest BCUT2D eigenvalue weighted by Gasteiger charge is 2.81. The third kappa shape index (κ3) is 4.64. The predicted octanol–water partition coefficient (Wildman–Crippen LogP) is 11.2. The molecule has 0 unspecified atom stereocenters. The van der Waals surface area contributed by atoms with Crippen LogP contribution in [0.5, 0.6) is 0 Å². The van der Waals surface area contributed by atoms with Crippen LogP contribution in [-0.4, -0.2) is 17.8 Å². The molecular weight excluding hydrogens is 739 g/mol. The zero-order valence-electron chi connectivity index (χ0n) is 27.3. The number of nitrogens with zero attached hydrogens (tertiary/aromatic N) is 4. The van der Waals surface area contributed by atoms with E-state index in [-0.39, 0.29) is 30.6 Å². The fourth-order valence-corrected chi connectivity index (χ4v) is 10.1. The summed E-state index contributed by atoms with van der Waals surface area (Å²) in [6.45, 7) is 0. The molecule has 0 spiro atoms. The maximum absolute atomic E-state index is 16.5. The SMILES string of the molecule is N#Cc1ccc(-c2cc3c(s2)C(c2ccc(C#N)cc2)(c2ccc(C#N)cc2)c2sc(-c4ccc(C#N)cc4)cc2C2=C3C(F)(F)C(F)(F)C2(F)F)cc1. The van der Waals surface area contributed by atoms with E-state index >= 15 is 26.3 Å². The van der Waals surface area contributed by atoms with Gasteiger partial charge in [0.15, 0.2) is 0 Å². The smallest absolute Gasteiger partial charge is 0.194 e. The van der Waals surface area contributed by atoms with Gasteiger partial charge in [0, 0.05) is 41.8 Å². The van der Waals surface area contributed by atoms with Crippen LogP contribution in [0.15, 0.2) is 109 Å². The first-order valence-corrected chi connectivity index (χ1v) is 17.7. The summed E-state index contributed by atoms with van der Waals surface area (Å²) in [4.78, 5) is 0.627. The van der Waals surface area contributed by atoms with Crippen molar-refractivity contribution < 1.29 is 26.3 Å². The summed E-state index contributed by atoms with van der Waals surface area (Å²) in [5, 5.41) is 38.1. The molecule has 4 aromatic carbocycles. The molecule has 0 N–H and O–H groups in total. The Balaban J connectivity index is 1.59. The largest absolute Gasteiger partial charge is 0.380 e. The van der Waals surface area contributed by atoms with E-state index in [9.17, 15) is 21.0 Å². The molecule has 0 saturated carbocycles. The van der Waals surface area contributed by atoms with Crippen molar-refractivity contribution in [3.8, 4) is 45.2 Å². The van der Waals surface area contributed by atoms with E-state index in [0.717, 1.165) is 22.7 Å².